The highest BCUT2D eigenvalue weighted by Crippen LogP contribution is 2.10. The number of halogens is 1. The minimum absolute atomic E-state index is 0.181. The lowest BCUT2D eigenvalue weighted by Crippen LogP contribution is -2.35. The Morgan fingerprint density at radius 2 is 2.35 bits per heavy atom. The van der Waals surface area contributed by atoms with Gasteiger partial charge in [0.15, 0.2) is 0 Å². The maximum Gasteiger partial charge on any atom is 0.254 e. The molecule has 1 N–H and O–H groups in total. The van der Waals surface area contributed by atoms with Gasteiger partial charge < -0.3 is 14.8 Å². The Labute approximate surface area is 105 Å². The van der Waals surface area contributed by atoms with Crippen LogP contribution in [0.4, 0.5) is 0 Å². The summed E-state index contributed by atoms with van der Waals surface area (Å²) in [6, 6.07) is 3.27. The number of nitrogens with one attached hydrogen (secondary N) is 1. The first kappa shape index (κ1) is 13.9. The third kappa shape index (κ3) is 4.30. The van der Waals surface area contributed by atoms with Gasteiger partial charge in [0.2, 0.25) is 0 Å². The molecule has 1 aromatic rings. The van der Waals surface area contributed by atoms with Crippen LogP contribution in [0.15, 0.2) is 18.3 Å². The fourth-order valence-corrected chi connectivity index (χ4v) is 1.46. The Balaban J connectivity index is 2.52. The molecule has 1 aromatic heterocycles. The fourth-order valence-electron chi connectivity index (χ4n) is 1.25. The molecule has 1 heterocycles. The smallest absolute Gasteiger partial charge is 0.254 e. The van der Waals surface area contributed by atoms with Crippen molar-refractivity contribution in [1.82, 2.24) is 10.3 Å². The highest BCUT2D eigenvalue weighted by molar-refractivity contribution is 6.32. The van der Waals surface area contributed by atoms with E-state index in [4.69, 9.17) is 21.1 Å². The van der Waals surface area contributed by atoms with Crippen LogP contribution in [0.25, 0.3) is 0 Å². The monoisotopic (exact) mass is 258 g/mol. The Hall–Kier alpha value is -1.17. The molecule has 6 heteroatoms. The summed E-state index contributed by atoms with van der Waals surface area (Å²) in [6.07, 6.45) is 1.35. The van der Waals surface area contributed by atoms with Crippen LogP contribution in [-0.2, 0) is 9.47 Å². The van der Waals surface area contributed by atoms with Gasteiger partial charge in [-0.2, -0.15) is 0 Å². The maximum absolute atomic E-state index is 11.8. The average Bonchev–Trinajstić information content (AvgIpc) is 2.34. The number of nitrogens with zero attached hydrogens (tertiary/aromatic N) is 1. The molecule has 17 heavy (non-hydrogen) atoms. The van der Waals surface area contributed by atoms with Crippen LogP contribution in [-0.4, -0.2) is 44.4 Å². The number of methoxy groups -OCH3 is 2. The molecule has 0 aliphatic carbocycles. The second kappa shape index (κ2) is 7.21. The maximum atomic E-state index is 11.8. The fraction of sp³-hybridized carbons (Fsp3) is 0.455. The molecule has 1 unspecified atom stereocenters. The lowest BCUT2D eigenvalue weighted by atomic mass is 10.2. The standard InChI is InChI=1S/C11H15ClN2O3/c1-16-7-8(17-2)6-14-11(15)9-4-3-5-13-10(9)12/h3-5,8H,6-7H2,1-2H3,(H,14,15). The number of hydrogen-bond donors (Lipinski definition) is 1. The first-order valence-electron chi connectivity index (χ1n) is 5.09. The predicted octanol–water partition coefficient (Wildman–Crippen LogP) is 1.13. The van der Waals surface area contributed by atoms with E-state index in [9.17, 15) is 4.79 Å². The summed E-state index contributed by atoms with van der Waals surface area (Å²) in [6.45, 7) is 0.770. The van der Waals surface area contributed by atoms with E-state index in [2.05, 4.69) is 10.3 Å². The Bertz CT molecular complexity index is 373. The van der Waals surface area contributed by atoms with Gasteiger partial charge >= 0.3 is 0 Å². The average molecular weight is 259 g/mol. The zero-order valence-electron chi connectivity index (χ0n) is 9.77. The quantitative estimate of drug-likeness (QED) is 0.777. The Kier molecular flexibility index (Phi) is 5.90. The van der Waals surface area contributed by atoms with Crippen molar-refractivity contribution in [2.24, 2.45) is 0 Å². The number of hydrogen-bond acceptors (Lipinski definition) is 4. The number of carbonyl (C=O) groups excluding carboxylic acids is 1. The number of amides is 1. The van der Waals surface area contributed by atoms with Gasteiger partial charge in [0.1, 0.15) is 5.15 Å². The molecule has 0 fully saturated rings. The number of ether oxygens (including phenoxy) is 2. The lowest BCUT2D eigenvalue weighted by Gasteiger charge is -2.15. The molecule has 1 amide bonds. The van der Waals surface area contributed by atoms with Crippen LogP contribution >= 0.6 is 11.6 Å². The van der Waals surface area contributed by atoms with Crippen LogP contribution in [0, 0.1) is 0 Å². The molecule has 94 valence electrons. The molecular formula is C11H15ClN2O3. The zero-order valence-corrected chi connectivity index (χ0v) is 10.5. The first-order chi connectivity index (χ1) is 8.19. The predicted molar refractivity (Wildman–Crippen MR) is 64.3 cm³/mol. The van der Waals surface area contributed by atoms with E-state index in [-0.39, 0.29) is 17.2 Å². The van der Waals surface area contributed by atoms with Gasteiger partial charge in [-0.3, -0.25) is 4.79 Å². The van der Waals surface area contributed by atoms with Crippen LogP contribution in [0.3, 0.4) is 0 Å². The molecule has 0 saturated heterocycles. The van der Waals surface area contributed by atoms with E-state index in [0.29, 0.717) is 18.7 Å². The Morgan fingerprint density at radius 1 is 1.59 bits per heavy atom. The normalized spacial score (nSPS) is 12.2. The van der Waals surface area contributed by atoms with E-state index in [0.717, 1.165) is 0 Å². The summed E-state index contributed by atoms with van der Waals surface area (Å²) in [5.41, 5.74) is 0.349. The SMILES string of the molecule is COCC(CNC(=O)c1cccnc1Cl)OC. The molecule has 0 radical (unpaired) electrons. The molecule has 1 rings (SSSR count). The van der Waals surface area contributed by atoms with E-state index in [1.165, 1.54) is 6.20 Å². The molecule has 0 aliphatic rings. The molecule has 1 atom stereocenters. The molecule has 0 spiro atoms. The highest BCUT2D eigenvalue weighted by atomic mass is 35.5. The summed E-state index contributed by atoms with van der Waals surface area (Å²) in [5, 5.41) is 2.89. The van der Waals surface area contributed by atoms with Gasteiger partial charge in [-0.1, -0.05) is 11.6 Å². The lowest BCUT2D eigenvalue weighted by molar-refractivity contribution is 0.0285. The van der Waals surface area contributed by atoms with Crippen molar-refractivity contribution in [1.29, 1.82) is 0 Å². The van der Waals surface area contributed by atoms with Crippen molar-refractivity contribution in [3.05, 3.63) is 29.0 Å². The van der Waals surface area contributed by atoms with Crippen molar-refractivity contribution in [3.63, 3.8) is 0 Å². The van der Waals surface area contributed by atoms with Crippen LogP contribution < -0.4 is 5.32 Å². The number of aromatic nitrogens is 1. The minimum Gasteiger partial charge on any atom is -0.382 e. The van der Waals surface area contributed by atoms with E-state index in [1.54, 1.807) is 26.4 Å². The van der Waals surface area contributed by atoms with E-state index in [1.807, 2.05) is 0 Å². The molecule has 0 aliphatic heterocycles. The third-order valence-electron chi connectivity index (χ3n) is 2.18. The van der Waals surface area contributed by atoms with Crippen molar-refractivity contribution >= 4 is 17.5 Å². The van der Waals surface area contributed by atoms with Crippen molar-refractivity contribution < 1.29 is 14.3 Å². The van der Waals surface area contributed by atoms with Crippen LogP contribution in [0.1, 0.15) is 10.4 Å². The third-order valence-corrected chi connectivity index (χ3v) is 2.48. The first-order valence-corrected chi connectivity index (χ1v) is 5.47. The van der Waals surface area contributed by atoms with Crippen molar-refractivity contribution in [2.45, 2.75) is 6.10 Å². The van der Waals surface area contributed by atoms with Gasteiger partial charge in [-0.25, -0.2) is 4.98 Å². The summed E-state index contributed by atoms with van der Waals surface area (Å²) >= 11 is 5.80. The van der Waals surface area contributed by atoms with E-state index < -0.39 is 0 Å². The van der Waals surface area contributed by atoms with Gasteiger partial charge in [-0.15, -0.1) is 0 Å². The number of pyridine rings is 1. The molecule has 0 saturated carbocycles. The second-order valence-electron chi connectivity index (χ2n) is 3.36. The number of rotatable bonds is 6. The zero-order chi connectivity index (χ0) is 12.7. The van der Waals surface area contributed by atoms with Crippen LogP contribution in [0.5, 0.6) is 0 Å². The van der Waals surface area contributed by atoms with Gasteiger partial charge in [0.25, 0.3) is 5.91 Å². The van der Waals surface area contributed by atoms with Gasteiger partial charge in [0, 0.05) is 27.0 Å². The van der Waals surface area contributed by atoms with E-state index >= 15 is 0 Å². The topological polar surface area (TPSA) is 60.5 Å². The van der Waals surface area contributed by atoms with Crippen LogP contribution in [0.2, 0.25) is 5.15 Å². The summed E-state index contributed by atoms with van der Waals surface area (Å²) in [4.78, 5) is 15.6. The summed E-state index contributed by atoms with van der Waals surface area (Å²) < 4.78 is 10.1. The molecule has 0 bridgehead atoms. The Morgan fingerprint density at radius 3 is 2.94 bits per heavy atom. The largest absolute Gasteiger partial charge is 0.382 e. The summed E-state index contributed by atoms with van der Waals surface area (Å²) in [7, 11) is 3.14. The van der Waals surface area contributed by atoms with Crippen molar-refractivity contribution in [3.8, 4) is 0 Å². The number of carbonyl (C=O) groups is 1. The van der Waals surface area contributed by atoms with Gasteiger partial charge in [-0.05, 0) is 12.1 Å². The molecule has 5 nitrogen and oxygen atoms in total. The van der Waals surface area contributed by atoms with Crippen molar-refractivity contribution in [2.75, 3.05) is 27.4 Å². The molecular weight excluding hydrogens is 244 g/mol. The van der Waals surface area contributed by atoms with Gasteiger partial charge in [0.05, 0.1) is 18.3 Å². The second-order valence-corrected chi connectivity index (χ2v) is 3.72. The molecule has 0 aromatic carbocycles. The highest BCUT2D eigenvalue weighted by Gasteiger charge is 2.13. The summed E-state index contributed by atoms with van der Waals surface area (Å²) in [5.74, 6) is -0.277. The minimum atomic E-state index is -0.277.